The first-order valence-electron chi connectivity index (χ1n) is 5.24. The van der Waals surface area contributed by atoms with E-state index in [1.807, 2.05) is 0 Å². The summed E-state index contributed by atoms with van der Waals surface area (Å²) in [5.41, 5.74) is 7.18. The molecule has 0 aliphatic rings. The fourth-order valence-corrected chi connectivity index (χ4v) is 2.53. The van der Waals surface area contributed by atoms with Crippen molar-refractivity contribution in [2.24, 2.45) is 0 Å². The van der Waals surface area contributed by atoms with E-state index in [1.165, 1.54) is 0 Å². The quantitative estimate of drug-likeness (QED) is 0.712. The monoisotopic (exact) mass is 272 g/mol. The van der Waals surface area contributed by atoms with Crippen molar-refractivity contribution in [3.8, 4) is 0 Å². The van der Waals surface area contributed by atoms with Gasteiger partial charge in [0.15, 0.2) is 9.84 Å². The molecule has 0 radical (unpaired) electrons. The summed E-state index contributed by atoms with van der Waals surface area (Å²) >= 11 is 0. The van der Waals surface area contributed by atoms with Gasteiger partial charge >= 0.3 is 6.09 Å². The van der Waals surface area contributed by atoms with Crippen molar-refractivity contribution >= 4 is 21.6 Å². The third-order valence-electron chi connectivity index (χ3n) is 2.39. The molecule has 0 aliphatic carbocycles. The van der Waals surface area contributed by atoms with Crippen molar-refractivity contribution in [3.05, 3.63) is 29.3 Å². The zero-order valence-electron chi connectivity index (χ0n) is 10.2. The number of anilines is 1. The number of sulfone groups is 1. The van der Waals surface area contributed by atoms with Crippen molar-refractivity contribution in [2.75, 3.05) is 12.0 Å². The Morgan fingerprint density at radius 3 is 2.61 bits per heavy atom. The molecule has 0 spiro atoms. The van der Waals surface area contributed by atoms with E-state index >= 15 is 0 Å². The molecule has 1 aromatic rings. The lowest BCUT2D eigenvalue weighted by atomic mass is 10.0. The lowest BCUT2D eigenvalue weighted by molar-refractivity contribution is 0.191. The summed E-state index contributed by atoms with van der Waals surface area (Å²) in [4.78, 5) is 10.6. The third kappa shape index (κ3) is 4.25. The Kier molecular flexibility index (Phi) is 4.18. The van der Waals surface area contributed by atoms with Crippen LogP contribution in [0, 0.1) is 0 Å². The minimum atomic E-state index is -3.21. The molecule has 1 aromatic carbocycles. The van der Waals surface area contributed by atoms with Gasteiger partial charge in [-0.15, -0.1) is 0 Å². The maximum Gasteiger partial charge on any atom is 0.405 e. The van der Waals surface area contributed by atoms with Crippen LogP contribution in [-0.2, 0) is 15.6 Å². The van der Waals surface area contributed by atoms with Gasteiger partial charge in [0.1, 0.15) is 0 Å². The minimum Gasteiger partial charge on any atom is -0.465 e. The number of carboxylic acid groups (broad SMARTS) is 1. The van der Waals surface area contributed by atoms with E-state index in [9.17, 15) is 13.2 Å². The Morgan fingerprint density at radius 1 is 1.50 bits per heavy atom. The molecule has 100 valence electrons. The van der Waals surface area contributed by atoms with Gasteiger partial charge in [0.2, 0.25) is 0 Å². The van der Waals surface area contributed by atoms with Gasteiger partial charge in [0.25, 0.3) is 0 Å². The highest BCUT2D eigenvalue weighted by Crippen LogP contribution is 2.22. The molecule has 0 saturated heterocycles. The van der Waals surface area contributed by atoms with Crippen LogP contribution in [0.15, 0.2) is 18.2 Å². The summed E-state index contributed by atoms with van der Waals surface area (Å²) in [6.07, 6.45) is -0.0421. The highest BCUT2D eigenvalue weighted by Gasteiger charge is 2.16. The van der Waals surface area contributed by atoms with Crippen LogP contribution in [0.4, 0.5) is 10.5 Å². The van der Waals surface area contributed by atoms with Gasteiger partial charge in [-0.1, -0.05) is 6.07 Å². The smallest absolute Gasteiger partial charge is 0.405 e. The number of nitrogens with two attached hydrogens (primary N) is 1. The topological polar surface area (TPSA) is 109 Å². The van der Waals surface area contributed by atoms with Crippen molar-refractivity contribution in [1.29, 1.82) is 0 Å². The van der Waals surface area contributed by atoms with Crippen LogP contribution >= 0.6 is 0 Å². The second-order valence-electron chi connectivity index (χ2n) is 4.20. The number of nitrogen functional groups attached to an aromatic ring is 1. The molecule has 1 amide bonds. The van der Waals surface area contributed by atoms with Crippen LogP contribution in [0.5, 0.6) is 0 Å². The second kappa shape index (κ2) is 5.26. The van der Waals surface area contributed by atoms with Crippen LogP contribution in [0.25, 0.3) is 0 Å². The van der Waals surface area contributed by atoms with E-state index in [-0.39, 0.29) is 5.75 Å². The number of hydrogen-bond donors (Lipinski definition) is 3. The first-order chi connectivity index (χ1) is 8.19. The molecule has 1 unspecified atom stereocenters. The van der Waals surface area contributed by atoms with Gasteiger partial charge in [-0.2, -0.15) is 0 Å². The first kappa shape index (κ1) is 14.3. The van der Waals surface area contributed by atoms with Gasteiger partial charge in [-0.3, -0.25) is 0 Å². The van der Waals surface area contributed by atoms with Crippen LogP contribution in [0.3, 0.4) is 0 Å². The van der Waals surface area contributed by atoms with Crippen LogP contribution in [0.2, 0.25) is 0 Å². The molecule has 0 fully saturated rings. The van der Waals surface area contributed by atoms with Crippen LogP contribution in [-0.4, -0.2) is 25.9 Å². The molecule has 6 nitrogen and oxygen atoms in total. The van der Waals surface area contributed by atoms with Crippen LogP contribution in [0.1, 0.15) is 24.1 Å². The Bertz CT molecular complexity index is 554. The van der Waals surface area contributed by atoms with E-state index in [1.54, 1.807) is 25.1 Å². The highest BCUT2D eigenvalue weighted by atomic mass is 32.2. The third-order valence-corrected chi connectivity index (χ3v) is 3.23. The van der Waals surface area contributed by atoms with E-state index in [2.05, 4.69) is 5.32 Å². The normalized spacial score (nSPS) is 13.0. The largest absolute Gasteiger partial charge is 0.465 e. The average Bonchev–Trinajstić information content (AvgIpc) is 2.13. The van der Waals surface area contributed by atoms with E-state index in [0.29, 0.717) is 16.8 Å². The van der Waals surface area contributed by atoms with Gasteiger partial charge in [-0.05, 0) is 30.2 Å². The molecule has 4 N–H and O–H groups in total. The molecule has 0 bridgehead atoms. The Morgan fingerprint density at radius 2 is 2.11 bits per heavy atom. The lowest BCUT2D eigenvalue weighted by Crippen LogP contribution is -2.25. The summed E-state index contributed by atoms with van der Waals surface area (Å²) in [5.74, 6) is -0.168. The van der Waals surface area contributed by atoms with Gasteiger partial charge in [0.05, 0.1) is 11.8 Å². The maximum atomic E-state index is 11.3. The number of amides is 1. The van der Waals surface area contributed by atoms with Crippen LogP contribution < -0.4 is 11.1 Å². The lowest BCUT2D eigenvalue weighted by Gasteiger charge is -2.16. The van der Waals surface area contributed by atoms with Crippen molar-refractivity contribution < 1.29 is 18.3 Å². The molecule has 1 atom stereocenters. The molecule has 0 aliphatic heterocycles. The standard InChI is InChI=1S/C11H16N2O4S/c1-7(13-11(14)15)10-4-3-9(12)5-8(10)6-18(2,16)17/h3-5,7,13H,6,12H2,1-2H3,(H,14,15). The average molecular weight is 272 g/mol. The number of benzene rings is 1. The highest BCUT2D eigenvalue weighted by molar-refractivity contribution is 7.89. The predicted molar refractivity (Wildman–Crippen MR) is 69.0 cm³/mol. The van der Waals surface area contributed by atoms with Gasteiger partial charge < -0.3 is 16.2 Å². The SMILES string of the molecule is CC(NC(=O)O)c1ccc(N)cc1CS(C)(=O)=O. The minimum absolute atomic E-state index is 0.168. The maximum absolute atomic E-state index is 11.3. The van der Waals surface area contributed by atoms with E-state index in [0.717, 1.165) is 6.26 Å². The second-order valence-corrected chi connectivity index (χ2v) is 6.34. The Balaban J connectivity index is 3.14. The molecule has 7 heteroatoms. The fraction of sp³-hybridized carbons (Fsp3) is 0.364. The predicted octanol–water partition coefficient (Wildman–Crippen LogP) is 1.14. The molecule has 1 rings (SSSR count). The van der Waals surface area contributed by atoms with Gasteiger partial charge in [0, 0.05) is 11.9 Å². The first-order valence-corrected chi connectivity index (χ1v) is 7.30. The summed E-state index contributed by atoms with van der Waals surface area (Å²) in [7, 11) is -3.21. The number of hydrogen-bond acceptors (Lipinski definition) is 4. The zero-order valence-corrected chi connectivity index (χ0v) is 11.0. The molecular weight excluding hydrogens is 256 g/mol. The molecule has 0 aromatic heterocycles. The fourth-order valence-electron chi connectivity index (χ4n) is 1.72. The summed E-state index contributed by atoms with van der Waals surface area (Å²) in [6, 6.07) is 4.30. The van der Waals surface area contributed by atoms with Crippen molar-refractivity contribution in [3.63, 3.8) is 0 Å². The van der Waals surface area contributed by atoms with E-state index < -0.39 is 22.0 Å². The zero-order chi connectivity index (χ0) is 13.9. The van der Waals surface area contributed by atoms with Crippen molar-refractivity contribution in [2.45, 2.75) is 18.7 Å². The Labute approximate surface area is 106 Å². The number of nitrogens with one attached hydrogen (secondary N) is 1. The molecule has 0 heterocycles. The molecule has 0 saturated carbocycles. The number of rotatable bonds is 4. The van der Waals surface area contributed by atoms with Gasteiger partial charge in [-0.25, -0.2) is 13.2 Å². The summed E-state index contributed by atoms with van der Waals surface area (Å²) in [6.45, 7) is 1.64. The van der Waals surface area contributed by atoms with E-state index in [4.69, 9.17) is 10.8 Å². The summed E-state index contributed by atoms with van der Waals surface area (Å²) in [5, 5.41) is 11.0. The molecular formula is C11H16N2O4S. The Hall–Kier alpha value is -1.76. The van der Waals surface area contributed by atoms with Crippen molar-refractivity contribution in [1.82, 2.24) is 5.32 Å². The molecule has 18 heavy (non-hydrogen) atoms. The summed E-state index contributed by atoms with van der Waals surface area (Å²) < 4.78 is 22.7. The number of carbonyl (C=O) groups is 1.